The minimum absolute atomic E-state index is 0.0101. The van der Waals surface area contributed by atoms with Gasteiger partial charge in [0, 0.05) is 43.9 Å². The number of rotatable bonds is 16. The van der Waals surface area contributed by atoms with Gasteiger partial charge in [-0.15, -0.1) is 0 Å². The predicted molar refractivity (Wildman–Crippen MR) is 103 cm³/mol. The maximum Gasteiger partial charge on any atom is 0.379 e. The molecule has 0 aliphatic rings. The number of carbonyl (C=O) groups is 2. The van der Waals surface area contributed by atoms with Crippen molar-refractivity contribution >= 4 is 11.9 Å². The summed E-state index contributed by atoms with van der Waals surface area (Å²) in [6, 6.07) is -1.57. The SMILES string of the molecule is O=C(O)CCCCCC(C(=O)O)[N+](=O)[O-].OCCNCCO.OCCNCCO. The molecule has 0 radical (unpaired) electrons. The summed E-state index contributed by atoms with van der Waals surface area (Å²) in [6.45, 7) is 2.84. The predicted octanol–water partition coefficient (Wildman–Crippen LogP) is -2.13. The molecule has 1 atom stereocenters. The summed E-state index contributed by atoms with van der Waals surface area (Å²) < 4.78 is 0. The van der Waals surface area contributed by atoms with Crippen molar-refractivity contribution in [3.8, 4) is 0 Å². The monoisotopic (exact) mass is 429 g/mol. The topological polar surface area (TPSA) is 223 Å². The number of unbranched alkanes of at least 4 members (excludes halogenated alkanes) is 2. The second kappa shape index (κ2) is 26.1. The first kappa shape index (κ1) is 31.8. The molecule has 8 N–H and O–H groups in total. The van der Waals surface area contributed by atoms with Crippen molar-refractivity contribution in [2.45, 2.75) is 38.1 Å². The molecule has 0 bridgehead atoms. The maximum absolute atomic E-state index is 10.4. The molecule has 0 amide bonds. The van der Waals surface area contributed by atoms with E-state index < -0.39 is 22.9 Å². The fraction of sp³-hybridized carbons (Fsp3) is 0.875. The molecule has 0 spiro atoms. The van der Waals surface area contributed by atoms with Crippen LogP contribution in [0.25, 0.3) is 0 Å². The lowest BCUT2D eigenvalue weighted by Gasteiger charge is -2.03. The van der Waals surface area contributed by atoms with Gasteiger partial charge in [0.15, 0.2) is 0 Å². The van der Waals surface area contributed by atoms with Crippen LogP contribution in [0.2, 0.25) is 0 Å². The first-order valence-corrected chi connectivity index (χ1v) is 9.21. The van der Waals surface area contributed by atoms with E-state index in [1.165, 1.54) is 0 Å². The van der Waals surface area contributed by atoms with Crippen molar-refractivity contribution in [2.75, 3.05) is 52.6 Å². The summed E-state index contributed by atoms with van der Waals surface area (Å²) in [6.07, 6.45) is 1.21. The molecule has 0 rings (SSSR count). The van der Waals surface area contributed by atoms with Crippen molar-refractivity contribution in [1.29, 1.82) is 0 Å². The number of nitro groups is 1. The third-order valence-corrected chi connectivity index (χ3v) is 3.06. The van der Waals surface area contributed by atoms with Crippen LogP contribution in [-0.4, -0.2) is 106 Å². The van der Waals surface area contributed by atoms with Crippen LogP contribution in [0.1, 0.15) is 32.1 Å². The average Bonchev–Trinajstić information content (AvgIpc) is 2.65. The summed E-state index contributed by atoms with van der Waals surface area (Å²) >= 11 is 0. The molecular formula is C16H35N3O10. The fourth-order valence-electron chi connectivity index (χ4n) is 1.68. The van der Waals surface area contributed by atoms with E-state index in [4.69, 9.17) is 30.6 Å². The number of hydrogen-bond donors (Lipinski definition) is 8. The van der Waals surface area contributed by atoms with Crippen LogP contribution in [0.4, 0.5) is 0 Å². The van der Waals surface area contributed by atoms with Gasteiger partial charge in [0.25, 0.3) is 0 Å². The molecule has 174 valence electrons. The number of nitrogens with one attached hydrogen (secondary N) is 2. The molecule has 0 aromatic rings. The number of hydrogen-bond acceptors (Lipinski definition) is 10. The van der Waals surface area contributed by atoms with E-state index >= 15 is 0 Å². The van der Waals surface area contributed by atoms with Gasteiger partial charge in [0.1, 0.15) is 0 Å². The molecule has 13 nitrogen and oxygen atoms in total. The fourth-order valence-corrected chi connectivity index (χ4v) is 1.68. The van der Waals surface area contributed by atoms with Gasteiger partial charge < -0.3 is 41.3 Å². The molecule has 0 aromatic carbocycles. The first-order chi connectivity index (χ1) is 13.8. The van der Waals surface area contributed by atoms with Crippen LogP contribution in [0.5, 0.6) is 0 Å². The van der Waals surface area contributed by atoms with Crippen LogP contribution in [0, 0.1) is 10.1 Å². The van der Waals surface area contributed by atoms with Crippen molar-refractivity contribution in [2.24, 2.45) is 0 Å². The lowest BCUT2D eigenvalue weighted by molar-refractivity contribution is -0.511. The highest BCUT2D eigenvalue weighted by atomic mass is 16.6. The van der Waals surface area contributed by atoms with Gasteiger partial charge >= 0.3 is 18.0 Å². The van der Waals surface area contributed by atoms with Crippen LogP contribution >= 0.6 is 0 Å². The third kappa shape index (κ3) is 31.0. The summed E-state index contributed by atoms with van der Waals surface area (Å²) in [7, 11) is 0. The Hall–Kier alpha value is -1.90. The summed E-state index contributed by atoms with van der Waals surface area (Å²) in [5, 5.41) is 65.2. The third-order valence-electron chi connectivity index (χ3n) is 3.06. The van der Waals surface area contributed by atoms with Gasteiger partial charge in [0.2, 0.25) is 0 Å². The average molecular weight is 429 g/mol. The number of carboxylic acid groups (broad SMARTS) is 2. The summed E-state index contributed by atoms with van der Waals surface area (Å²) in [5.41, 5.74) is 0. The number of carboxylic acids is 2. The Bertz CT molecular complexity index is 367. The molecular weight excluding hydrogens is 394 g/mol. The van der Waals surface area contributed by atoms with Crippen molar-refractivity contribution < 1.29 is 45.2 Å². The Morgan fingerprint density at radius 1 is 0.793 bits per heavy atom. The van der Waals surface area contributed by atoms with Crippen molar-refractivity contribution in [1.82, 2.24) is 10.6 Å². The normalized spacial score (nSPS) is 10.8. The van der Waals surface area contributed by atoms with Gasteiger partial charge in [0.05, 0.1) is 26.4 Å². The van der Waals surface area contributed by atoms with Crippen LogP contribution in [0.15, 0.2) is 0 Å². The Balaban J connectivity index is -0.000000402. The van der Waals surface area contributed by atoms with Gasteiger partial charge in [-0.25, -0.2) is 4.79 Å². The second-order valence-corrected chi connectivity index (χ2v) is 5.53. The lowest BCUT2D eigenvalue weighted by atomic mass is 10.1. The Morgan fingerprint density at radius 3 is 1.48 bits per heavy atom. The number of nitrogens with zero attached hydrogens (tertiary/aromatic N) is 1. The van der Waals surface area contributed by atoms with Gasteiger partial charge in [-0.05, 0) is 12.8 Å². The quantitative estimate of drug-likeness (QED) is 0.0748. The minimum atomic E-state index is -1.57. The standard InChI is InChI=1S/C8H13NO6.2C4H11NO2/c10-7(11)5-3-1-2-4-6(8(12)13)9(14)15;2*6-3-1-5-2-4-7/h6H,1-5H2,(H,10,11)(H,12,13);2*5-7H,1-4H2. The van der Waals surface area contributed by atoms with Crippen LogP contribution in [-0.2, 0) is 9.59 Å². The van der Waals surface area contributed by atoms with Crippen LogP contribution in [0.3, 0.4) is 0 Å². The first-order valence-electron chi connectivity index (χ1n) is 9.21. The molecule has 13 heteroatoms. The highest BCUT2D eigenvalue weighted by molar-refractivity contribution is 5.71. The van der Waals surface area contributed by atoms with E-state index in [1.54, 1.807) is 0 Å². The molecule has 0 fully saturated rings. The zero-order valence-electron chi connectivity index (χ0n) is 16.5. The Kier molecular flexibility index (Phi) is 28.6. The van der Waals surface area contributed by atoms with Crippen molar-refractivity contribution in [3.05, 3.63) is 10.1 Å². The zero-order chi connectivity index (χ0) is 22.9. The van der Waals surface area contributed by atoms with E-state index in [2.05, 4.69) is 10.6 Å². The van der Waals surface area contributed by atoms with Gasteiger partial charge in [-0.2, -0.15) is 0 Å². The second-order valence-electron chi connectivity index (χ2n) is 5.53. The molecule has 1 unspecified atom stereocenters. The summed E-state index contributed by atoms with van der Waals surface area (Å²) in [5.74, 6) is -2.36. The van der Waals surface area contributed by atoms with E-state index in [0.29, 0.717) is 45.4 Å². The van der Waals surface area contributed by atoms with E-state index in [1.807, 2.05) is 0 Å². The highest BCUT2D eigenvalue weighted by Crippen LogP contribution is 2.08. The zero-order valence-corrected chi connectivity index (χ0v) is 16.5. The molecule has 0 aliphatic carbocycles. The number of aliphatic hydroxyl groups excluding tert-OH is 4. The lowest BCUT2D eigenvalue weighted by Crippen LogP contribution is -2.28. The molecule has 0 heterocycles. The molecule has 0 saturated heterocycles. The largest absolute Gasteiger partial charge is 0.481 e. The molecule has 0 aromatic heterocycles. The molecule has 29 heavy (non-hydrogen) atoms. The highest BCUT2D eigenvalue weighted by Gasteiger charge is 2.27. The maximum atomic E-state index is 10.4. The van der Waals surface area contributed by atoms with Gasteiger partial charge in [-0.3, -0.25) is 14.9 Å². The van der Waals surface area contributed by atoms with Gasteiger partial charge in [-0.1, -0.05) is 6.42 Å². The minimum Gasteiger partial charge on any atom is -0.481 e. The Labute approximate surface area is 169 Å². The molecule has 0 saturated carbocycles. The molecule has 0 aliphatic heterocycles. The number of aliphatic carboxylic acids is 2. The Morgan fingerprint density at radius 2 is 1.21 bits per heavy atom. The van der Waals surface area contributed by atoms with Crippen LogP contribution < -0.4 is 10.6 Å². The van der Waals surface area contributed by atoms with E-state index in [0.717, 1.165) is 0 Å². The summed E-state index contributed by atoms with van der Waals surface area (Å²) in [4.78, 5) is 29.9. The van der Waals surface area contributed by atoms with E-state index in [9.17, 15) is 19.7 Å². The smallest absolute Gasteiger partial charge is 0.379 e. The number of aliphatic hydroxyl groups is 4. The van der Waals surface area contributed by atoms with E-state index in [-0.39, 0.29) is 39.3 Å². The van der Waals surface area contributed by atoms with Crippen molar-refractivity contribution in [3.63, 3.8) is 0 Å².